The van der Waals surface area contributed by atoms with Gasteiger partial charge in [-0.1, -0.05) is 26.7 Å². The second kappa shape index (κ2) is 13.8. The maximum Gasteiger partial charge on any atom is 0.220 e. The normalized spacial score (nSPS) is 10.0. The summed E-state index contributed by atoms with van der Waals surface area (Å²) < 4.78 is 1.99. The summed E-state index contributed by atoms with van der Waals surface area (Å²) in [5.41, 5.74) is 5.42. The Morgan fingerprint density at radius 1 is 1.27 bits per heavy atom. The third kappa shape index (κ3) is 9.23. The van der Waals surface area contributed by atoms with Gasteiger partial charge in [0.15, 0.2) is 0 Å². The molecule has 0 aliphatic heterocycles. The lowest BCUT2D eigenvalue weighted by Crippen LogP contribution is -2.27. The summed E-state index contributed by atoms with van der Waals surface area (Å²) in [6.07, 6.45) is 6.50. The highest BCUT2D eigenvalue weighted by molar-refractivity contribution is 5.85. The average molecular weight is 354 g/mol. The molecule has 1 heterocycles. The molecule has 6 nitrogen and oxygen atoms in total. The van der Waals surface area contributed by atoms with Gasteiger partial charge in [-0.25, -0.2) is 0 Å². The van der Waals surface area contributed by atoms with Crippen molar-refractivity contribution in [3.63, 3.8) is 0 Å². The molecule has 0 fully saturated rings. The highest BCUT2D eigenvalue weighted by Crippen LogP contribution is 2.09. The lowest BCUT2D eigenvalue weighted by atomic mass is 10.1. The first-order valence-electron chi connectivity index (χ1n) is 7.49. The quantitative estimate of drug-likeness (QED) is 0.631. The molecule has 0 aliphatic carbocycles. The van der Waals surface area contributed by atoms with Crippen LogP contribution in [0.3, 0.4) is 0 Å². The van der Waals surface area contributed by atoms with E-state index in [1.165, 1.54) is 0 Å². The Hall–Kier alpha value is -0.850. The van der Waals surface area contributed by atoms with Gasteiger partial charge in [-0.15, -0.1) is 35.0 Å². The van der Waals surface area contributed by atoms with Gasteiger partial charge >= 0.3 is 0 Å². The number of nitrogens with two attached hydrogens (primary N) is 1. The molecule has 0 bridgehead atoms. The molecule has 0 saturated heterocycles. The van der Waals surface area contributed by atoms with E-state index in [1.54, 1.807) is 6.33 Å². The molecular formula is C14H29Cl2N5O. The summed E-state index contributed by atoms with van der Waals surface area (Å²) in [6, 6.07) is 0. The number of amides is 1. The molecule has 0 spiro atoms. The molecule has 0 saturated carbocycles. The number of carbonyl (C=O) groups excluding carboxylic acids is 1. The van der Waals surface area contributed by atoms with Crippen molar-refractivity contribution in [2.24, 2.45) is 5.73 Å². The van der Waals surface area contributed by atoms with Crippen LogP contribution < -0.4 is 11.1 Å². The topological polar surface area (TPSA) is 85.8 Å². The standard InChI is InChI=1S/C14H27N5O.2ClH/c1-12(2)14-18-17-11-19(14)10-9-16-13(20)7-5-3-4-6-8-15;;/h11-12H,3-10,15H2,1-2H3,(H,16,20);2*1H. The van der Waals surface area contributed by atoms with Gasteiger partial charge in [0, 0.05) is 25.4 Å². The number of unbranched alkanes of at least 4 members (excludes halogenated alkanes) is 3. The predicted molar refractivity (Wildman–Crippen MR) is 93.8 cm³/mol. The molecule has 130 valence electrons. The van der Waals surface area contributed by atoms with Crippen LogP contribution in [-0.4, -0.2) is 33.8 Å². The molecule has 0 aromatic carbocycles. The summed E-state index contributed by atoms with van der Waals surface area (Å²) in [5.74, 6) is 1.42. The number of nitrogens with one attached hydrogen (secondary N) is 1. The van der Waals surface area contributed by atoms with E-state index in [-0.39, 0.29) is 30.7 Å². The maximum atomic E-state index is 11.6. The van der Waals surface area contributed by atoms with E-state index in [0.29, 0.717) is 18.9 Å². The fourth-order valence-electron chi connectivity index (χ4n) is 2.07. The SMILES string of the molecule is CC(C)c1nncn1CCNC(=O)CCCCCCN.Cl.Cl. The summed E-state index contributed by atoms with van der Waals surface area (Å²) in [7, 11) is 0. The molecule has 0 atom stereocenters. The Balaban J connectivity index is 0. The molecule has 0 unspecified atom stereocenters. The zero-order valence-corrected chi connectivity index (χ0v) is 15.1. The Morgan fingerprint density at radius 2 is 1.95 bits per heavy atom. The second-order valence-electron chi connectivity index (χ2n) is 5.34. The van der Waals surface area contributed by atoms with Crippen molar-refractivity contribution in [2.75, 3.05) is 13.1 Å². The van der Waals surface area contributed by atoms with E-state index in [2.05, 4.69) is 29.4 Å². The summed E-state index contributed by atoms with van der Waals surface area (Å²) in [5, 5.41) is 10.9. The van der Waals surface area contributed by atoms with Gasteiger partial charge in [-0.05, 0) is 19.4 Å². The predicted octanol–water partition coefficient (Wildman–Crippen LogP) is 2.27. The van der Waals surface area contributed by atoms with Crippen LogP contribution >= 0.6 is 24.8 Å². The van der Waals surface area contributed by atoms with Crippen LogP contribution in [0.2, 0.25) is 0 Å². The zero-order chi connectivity index (χ0) is 14.8. The molecule has 1 rings (SSSR count). The molecule has 1 aromatic heterocycles. The van der Waals surface area contributed by atoms with Gasteiger partial charge < -0.3 is 15.6 Å². The van der Waals surface area contributed by atoms with E-state index in [1.807, 2.05) is 4.57 Å². The Morgan fingerprint density at radius 3 is 2.59 bits per heavy atom. The van der Waals surface area contributed by atoms with Gasteiger partial charge in [0.2, 0.25) is 5.91 Å². The molecule has 0 radical (unpaired) electrons. The summed E-state index contributed by atoms with van der Waals surface area (Å²) in [6.45, 7) is 6.25. The van der Waals surface area contributed by atoms with Crippen LogP contribution in [0.4, 0.5) is 0 Å². The van der Waals surface area contributed by atoms with E-state index in [4.69, 9.17) is 5.73 Å². The van der Waals surface area contributed by atoms with Crippen LogP contribution in [-0.2, 0) is 11.3 Å². The Kier molecular flexibility index (Phi) is 14.7. The molecule has 3 N–H and O–H groups in total. The van der Waals surface area contributed by atoms with Crippen LogP contribution in [0, 0.1) is 0 Å². The van der Waals surface area contributed by atoms with Crippen LogP contribution in [0.25, 0.3) is 0 Å². The number of hydrogen-bond donors (Lipinski definition) is 2. The fraction of sp³-hybridized carbons (Fsp3) is 0.786. The monoisotopic (exact) mass is 353 g/mol. The number of carbonyl (C=O) groups is 1. The first kappa shape index (κ1) is 23.4. The molecule has 1 amide bonds. The van der Waals surface area contributed by atoms with Crippen molar-refractivity contribution in [3.8, 4) is 0 Å². The van der Waals surface area contributed by atoms with Gasteiger partial charge in [-0.3, -0.25) is 4.79 Å². The van der Waals surface area contributed by atoms with Crippen molar-refractivity contribution in [3.05, 3.63) is 12.2 Å². The lowest BCUT2D eigenvalue weighted by molar-refractivity contribution is -0.121. The first-order chi connectivity index (χ1) is 9.65. The van der Waals surface area contributed by atoms with Crippen LogP contribution in [0.1, 0.15) is 57.7 Å². The average Bonchev–Trinajstić information content (AvgIpc) is 2.87. The van der Waals surface area contributed by atoms with E-state index in [9.17, 15) is 4.79 Å². The number of halogens is 2. The zero-order valence-electron chi connectivity index (χ0n) is 13.5. The summed E-state index contributed by atoms with van der Waals surface area (Å²) >= 11 is 0. The van der Waals surface area contributed by atoms with Crippen molar-refractivity contribution < 1.29 is 4.79 Å². The molecule has 22 heavy (non-hydrogen) atoms. The molecular weight excluding hydrogens is 325 g/mol. The largest absolute Gasteiger partial charge is 0.354 e. The minimum Gasteiger partial charge on any atom is -0.354 e. The highest BCUT2D eigenvalue weighted by atomic mass is 35.5. The van der Waals surface area contributed by atoms with Crippen molar-refractivity contribution in [1.82, 2.24) is 20.1 Å². The third-order valence-electron chi connectivity index (χ3n) is 3.19. The fourth-order valence-corrected chi connectivity index (χ4v) is 2.07. The number of aromatic nitrogens is 3. The van der Waals surface area contributed by atoms with Gasteiger partial charge in [-0.2, -0.15) is 0 Å². The van der Waals surface area contributed by atoms with E-state index >= 15 is 0 Å². The smallest absolute Gasteiger partial charge is 0.220 e. The van der Waals surface area contributed by atoms with Crippen molar-refractivity contribution in [2.45, 2.75) is 58.4 Å². The van der Waals surface area contributed by atoms with Gasteiger partial charge in [0.05, 0.1) is 0 Å². The highest BCUT2D eigenvalue weighted by Gasteiger charge is 2.08. The minimum atomic E-state index is 0. The van der Waals surface area contributed by atoms with E-state index < -0.39 is 0 Å². The summed E-state index contributed by atoms with van der Waals surface area (Å²) in [4.78, 5) is 11.6. The Bertz CT molecular complexity index is 398. The van der Waals surface area contributed by atoms with Gasteiger partial charge in [0.1, 0.15) is 12.2 Å². The molecule has 8 heteroatoms. The maximum absolute atomic E-state index is 11.6. The third-order valence-corrected chi connectivity index (χ3v) is 3.19. The van der Waals surface area contributed by atoms with E-state index in [0.717, 1.165) is 44.6 Å². The first-order valence-corrected chi connectivity index (χ1v) is 7.49. The van der Waals surface area contributed by atoms with Crippen molar-refractivity contribution in [1.29, 1.82) is 0 Å². The number of nitrogens with zero attached hydrogens (tertiary/aromatic N) is 3. The number of rotatable bonds is 10. The minimum absolute atomic E-state index is 0. The molecule has 0 aliphatic rings. The second-order valence-corrected chi connectivity index (χ2v) is 5.34. The Labute approximate surface area is 145 Å². The van der Waals surface area contributed by atoms with Crippen LogP contribution in [0.15, 0.2) is 6.33 Å². The van der Waals surface area contributed by atoms with Crippen LogP contribution in [0.5, 0.6) is 0 Å². The lowest BCUT2D eigenvalue weighted by Gasteiger charge is -2.09. The number of hydrogen-bond acceptors (Lipinski definition) is 4. The van der Waals surface area contributed by atoms with Gasteiger partial charge in [0.25, 0.3) is 0 Å². The molecule has 1 aromatic rings. The van der Waals surface area contributed by atoms with Crippen molar-refractivity contribution >= 4 is 30.7 Å².